The van der Waals surface area contributed by atoms with Gasteiger partial charge in [-0.3, -0.25) is 9.59 Å². The number of amides is 1. The average Bonchev–Trinajstić information content (AvgIpc) is 2.38. The standard InChI is InChI=1S/C9H17NO3.C8H11N/c1-6(2)3-7(4-8(10)11)5-9(12)13;1-7(9)8-5-3-2-4-6-8/h6-7H,3-5H2,1-2H3,(H2,10,11)(H,12,13);2-7H,9H2,1H3. The number of hydrogen-bond acceptors (Lipinski definition) is 3. The molecular weight excluding hydrogens is 280 g/mol. The fraction of sp³-hybridized carbons (Fsp3) is 0.529. The van der Waals surface area contributed by atoms with E-state index in [1.165, 1.54) is 5.56 Å². The van der Waals surface area contributed by atoms with Crippen LogP contribution in [-0.4, -0.2) is 17.0 Å². The highest BCUT2D eigenvalue weighted by Crippen LogP contribution is 2.18. The third-order valence-electron chi connectivity index (χ3n) is 3.08. The Morgan fingerprint density at radius 3 is 1.95 bits per heavy atom. The van der Waals surface area contributed by atoms with Crippen LogP contribution in [0.1, 0.15) is 51.6 Å². The predicted molar refractivity (Wildman–Crippen MR) is 88.1 cm³/mol. The van der Waals surface area contributed by atoms with E-state index < -0.39 is 11.9 Å². The molecule has 0 fully saturated rings. The number of carboxylic acid groups (broad SMARTS) is 1. The molecule has 0 bridgehead atoms. The SMILES string of the molecule is CC(C)CC(CC(N)=O)CC(=O)O.CC(N)c1ccccc1. The summed E-state index contributed by atoms with van der Waals surface area (Å²) in [4.78, 5) is 21.0. The molecule has 0 saturated heterocycles. The molecule has 5 N–H and O–H groups in total. The molecule has 0 heterocycles. The van der Waals surface area contributed by atoms with Crippen molar-refractivity contribution >= 4 is 11.9 Å². The maximum atomic E-state index is 10.6. The third kappa shape index (κ3) is 10.9. The van der Waals surface area contributed by atoms with E-state index in [1.807, 2.05) is 51.1 Å². The van der Waals surface area contributed by atoms with Crippen LogP contribution in [0.3, 0.4) is 0 Å². The number of benzene rings is 1. The molecule has 0 radical (unpaired) electrons. The summed E-state index contributed by atoms with van der Waals surface area (Å²) < 4.78 is 0. The van der Waals surface area contributed by atoms with Crippen molar-refractivity contribution in [3.8, 4) is 0 Å². The molecule has 0 aliphatic rings. The molecule has 1 aromatic rings. The molecule has 2 unspecified atom stereocenters. The predicted octanol–water partition coefficient (Wildman–Crippen LogP) is 2.71. The van der Waals surface area contributed by atoms with Gasteiger partial charge in [-0.1, -0.05) is 44.2 Å². The van der Waals surface area contributed by atoms with Gasteiger partial charge in [-0.15, -0.1) is 0 Å². The Bertz CT molecular complexity index is 428. The van der Waals surface area contributed by atoms with E-state index in [-0.39, 0.29) is 24.8 Å². The first-order chi connectivity index (χ1) is 10.2. The van der Waals surface area contributed by atoms with Gasteiger partial charge in [-0.25, -0.2) is 0 Å². The minimum atomic E-state index is -0.869. The number of hydrogen-bond donors (Lipinski definition) is 3. The molecule has 5 heteroatoms. The zero-order valence-electron chi connectivity index (χ0n) is 13.7. The van der Waals surface area contributed by atoms with Gasteiger partial charge < -0.3 is 16.6 Å². The van der Waals surface area contributed by atoms with Gasteiger partial charge in [0.15, 0.2) is 0 Å². The first kappa shape index (κ1) is 20.1. The van der Waals surface area contributed by atoms with Crippen LogP contribution in [0.2, 0.25) is 0 Å². The molecule has 0 saturated carbocycles. The lowest BCUT2D eigenvalue weighted by Crippen LogP contribution is -2.19. The van der Waals surface area contributed by atoms with Gasteiger partial charge in [0.25, 0.3) is 0 Å². The zero-order chi connectivity index (χ0) is 17.1. The lowest BCUT2D eigenvalue weighted by Gasteiger charge is -2.14. The van der Waals surface area contributed by atoms with E-state index in [1.54, 1.807) is 0 Å². The molecule has 124 valence electrons. The lowest BCUT2D eigenvalue weighted by atomic mass is 9.91. The molecule has 2 atom stereocenters. The number of rotatable bonds is 7. The summed E-state index contributed by atoms with van der Waals surface area (Å²) in [5.41, 5.74) is 11.8. The van der Waals surface area contributed by atoms with Crippen LogP contribution in [0.4, 0.5) is 0 Å². The highest BCUT2D eigenvalue weighted by molar-refractivity contribution is 5.75. The number of aliphatic carboxylic acids is 1. The van der Waals surface area contributed by atoms with Crippen molar-refractivity contribution in [2.45, 2.75) is 46.1 Å². The summed E-state index contributed by atoms with van der Waals surface area (Å²) in [6, 6.07) is 10.2. The fourth-order valence-electron chi connectivity index (χ4n) is 2.19. The molecule has 22 heavy (non-hydrogen) atoms. The van der Waals surface area contributed by atoms with E-state index >= 15 is 0 Å². The van der Waals surface area contributed by atoms with E-state index in [0.717, 1.165) is 6.42 Å². The Morgan fingerprint density at radius 2 is 1.64 bits per heavy atom. The Kier molecular flexibility index (Phi) is 9.87. The van der Waals surface area contributed by atoms with Crippen molar-refractivity contribution in [3.05, 3.63) is 35.9 Å². The van der Waals surface area contributed by atoms with Gasteiger partial charge in [0.2, 0.25) is 5.91 Å². The Labute approximate surface area is 132 Å². The summed E-state index contributed by atoms with van der Waals surface area (Å²) in [6.45, 7) is 5.97. The van der Waals surface area contributed by atoms with Gasteiger partial charge >= 0.3 is 5.97 Å². The van der Waals surface area contributed by atoms with Gasteiger partial charge in [-0.05, 0) is 30.7 Å². The largest absolute Gasteiger partial charge is 0.481 e. The Hall–Kier alpha value is -1.88. The fourth-order valence-corrected chi connectivity index (χ4v) is 2.19. The molecule has 0 aliphatic carbocycles. The molecule has 0 aromatic heterocycles. The molecule has 1 rings (SSSR count). The minimum absolute atomic E-state index is 0.0289. The third-order valence-corrected chi connectivity index (χ3v) is 3.08. The van der Waals surface area contributed by atoms with Crippen molar-refractivity contribution in [2.24, 2.45) is 23.3 Å². The summed E-state index contributed by atoms with van der Waals surface area (Å²) in [6.07, 6.45) is 0.931. The highest BCUT2D eigenvalue weighted by atomic mass is 16.4. The van der Waals surface area contributed by atoms with Crippen molar-refractivity contribution in [1.82, 2.24) is 0 Å². The minimum Gasteiger partial charge on any atom is -0.481 e. The van der Waals surface area contributed by atoms with Crippen molar-refractivity contribution in [3.63, 3.8) is 0 Å². The van der Waals surface area contributed by atoms with Crippen LogP contribution >= 0.6 is 0 Å². The lowest BCUT2D eigenvalue weighted by molar-refractivity contribution is -0.138. The van der Waals surface area contributed by atoms with Crippen LogP contribution in [0, 0.1) is 11.8 Å². The normalized spacial score (nSPS) is 13.0. The van der Waals surface area contributed by atoms with Crippen molar-refractivity contribution in [2.75, 3.05) is 0 Å². The molecule has 1 amide bonds. The van der Waals surface area contributed by atoms with E-state index in [9.17, 15) is 9.59 Å². The quantitative estimate of drug-likeness (QED) is 0.720. The summed E-state index contributed by atoms with van der Waals surface area (Å²) >= 11 is 0. The second kappa shape index (κ2) is 10.8. The smallest absolute Gasteiger partial charge is 0.303 e. The van der Waals surface area contributed by atoms with E-state index in [4.69, 9.17) is 16.6 Å². The molecular formula is C17H28N2O3. The maximum Gasteiger partial charge on any atom is 0.303 e. The van der Waals surface area contributed by atoms with Crippen molar-refractivity contribution < 1.29 is 14.7 Å². The monoisotopic (exact) mass is 308 g/mol. The first-order valence-corrected chi connectivity index (χ1v) is 7.53. The number of carboxylic acids is 1. The van der Waals surface area contributed by atoms with Crippen LogP contribution in [-0.2, 0) is 9.59 Å². The molecule has 0 aliphatic heterocycles. The molecule has 5 nitrogen and oxygen atoms in total. The number of primary amides is 1. The van der Waals surface area contributed by atoms with Gasteiger partial charge in [-0.2, -0.15) is 0 Å². The Balaban J connectivity index is 0.000000425. The zero-order valence-corrected chi connectivity index (χ0v) is 13.7. The molecule has 1 aromatic carbocycles. The van der Waals surface area contributed by atoms with E-state index in [2.05, 4.69) is 0 Å². The summed E-state index contributed by atoms with van der Waals surface area (Å²) in [5, 5.41) is 8.56. The van der Waals surface area contributed by atoms with Crippen LogP contribution in [0.25, 0.3) is 0 Å². The topological polar surface area (TPSA) is 106 Å². The van der Waals surface area contributed by atoms with Crippen LogP contribution in [0.15, 0.2) is 30.3 Å². The molecule has 0 spiro atoms. The highest BCUT2D eigenvalue weighted by Gasteiger charge is 2.16. The van der Waals surface area contributed by atoms with Gasteiger partial charge in [0.05, 0.1) is 0 Å². The van der Waals surface area contributed by atoms with Gasteiger partial charge in [0, 0.05) is 18.9 Å². The number of carbonyl (C=O) groups excluding carboxylic acids is 1. The second-order valence-corrected chi connectivity index (χ2v) is 5.96. The summed E-state index contributed by atoms with van der Waals surface area (Å²) in [5.74, 6) is -1.02. The van der Waals surface area contributed by atoms with Crippen LogP contribution in [0.5, 0.6) is 0 Å². The first-order valence-electron chi connectivity index (χ1n) is 7.53. The second-order valence-electron chi connectivity index (χ2n) is 5.96. The summed E-state index contributed by atoms with van der Waals surface area (Å²) in [7, 11) is 0. The van der Waals surface area contributed by atoms with Crippen molar-refractivity contribution in [1.29, 1.82) is 0 Å². The van der Waals surface area contributed by atoms with E-state index in [0.29, 0.717) is 5.92 Å². The van der Waals surface area contributed by atoms with Gasteiger partial charge in [0.1, 0.15) is 0 Å². The number of carbonyl (C=O) groups is 2. The number of nitrogens with two attached hydrogens (primary N) is 2. The average molecular weight is 308 g/mol. The maximum absolute atomic E-state index is 10.6. The van der Waals surface area contributed by atoms with Crippen LogP contribution < -0.4 is 11.5 Å². The Morgan fingerprint density at radius 1 is 1.09 bits per heavy atom.